The lowest BCUT2D eigenvalue weighted by molar-refractivity contribution is 0.396. The predicted molar refractivity (Wildman–Crippen MR) is 45.5 cm³/mol. The highest BCUT2D eigenvalue weighted by Crippen LogP contribution is 2.50. The second-order valence-electron chi connectivity index (χ2n) is 2.58. The fourth-order valence-corrected chi connectivity index (χ4v) is 2.87. The molecule has 0 aromatic rings. The summed E-state index contributed by atoms with van der Waals surface area (Å²) in [4.78, 5) is 17.0. The van der Waals surface area contributed by atoms with Gasteiger partial charge in [-0.25, -0.2) is 4.57 Å². The number of hydrogen-bond donors (Lipinski definition) is 3. The van der Waals surface area contributed by atoms with Gasteiger partial charge in [0.1, 0.15) is 0 Å². The number of nitrogens with one attached hydrogen (secondary N) is 1. The molecule has 3 N–H and O–H groups in total. The Kier molecular flexibility index (Phi) is 3.40. The summed E-state index contributed by atoms with van der Waals surface area (Å²) in [5.41, 5.74) is 0. The molecule has 1 heterocycles. The normalized spacial score (nSPS) is 25.8. The van der Waals surface area contributed by atoms with Crippen LogP contribution in [-0.4, -0.2) is 28.1 Å². The van der Waals surface area contributed by atoms with Crippen molar-refractivity contribution in [2.24, 2.45) is 0 Å². The molecule has 0 saturated carbocycles. The predicted octanol–water partition coefficient (Wildman–Crippen LogP) is 0.564. The van der Waals surface area contributed by atoms with Gasteiger partial charge in [0, 0.05) is 11.8 Å². The van der Waals surface area contributed by atoms with Gasteiger partial charge in [0.2, 0.25) is 0 Å². The molecule has 11 heavy (non-hydrogen) atoms. The number of rotatable bonds is 3. The lowest BCUT2D eigenvalue weighted by Gasteiger charge is -2.09. The van der Waals surface area contributed by atoms with Crippen molar-refractivity contribution in [3.05, 3.63) is 0 Å². The lowest BCUT2D eigenvalue weighted by atomic mass is 10.3. The van der Waals surface area contributed by atoms with Crippen LogP contribution in [0.1, 0.15) is 12.8 Å². The molecule has 0 aliphatic carbocycles. The maximum absolute atomic E-state index is 10.4. The van der Waals surface area contributed by atoms with E-state index >= 15 is 0 Å². The van der Waals surface area contributed by atoms with E-state index in [0.29, 0.717) is 11.8 Å². The molecule has 1 aliphatic rings. The molecule has 0 aromatic heterocycles. The first-order valence-corrected chi connectivity index (χ1v) is 6.72. The van der Waals surface area contributed by atoms with Gasteiger partial charge < -0.3 is 15.1 Å². The molecule has 66 valence electrons. The van der Waals surface area contributed by atoms with Crippen molar-refractivity contribution in [2.45, 2.75) is 18.9 Å². The topological polar surface area (TPSA) is 69.6 Å². The third kappa shape index (κ3) is 4.13. The molecule has 1 aliphatic heterocycles. The molecule has 0 spiro atoms. The molecule has 1 rings (SSSR count). The Bertz CT molecular complexity index is 165. The molecule has 0 radical (unpaired) electrons. The van der Waals surface area contributed by atoms with Crippen LogP contribution in [0.15, 0.2) is 0 Å². The van der Waals surface area contributed by atoms with Crippen molar-refractivity contribution in [2.75, 3.05) is 12.3 Å². The van der Waals surface area contributed by atoms with Crippen molar-refractivity contribution in [3.63, 3.8) is 0 Å². The summed E-state index contributed by atoms with van der Waals surface area (Å²) in [7, 11) is 0. The fraction of sp³-hybridized carbons (Fsp3) is 1.00. The van der Waals surface area contributed by atoms with E-state index in [9.17, 15) is 4.57 Å². The Morgan fingerprint density at radius 2 is 2.36 bits per heavy atom. The van der Waals surface area contributed by atoms with Gasteiger partial charge in [0.05, 0.1) is 0 Å². The van der Waals surface area contributed by atoms with E-state index in [1.165, 1.54) is 0 Å². The van der Waals surface area contributed by atoms with Gasteiger partial charge in [0.15, 0.2) is 0 Å². The summed E-state index contributed by atoms with van der Waals surface area (Å²) in [6, 6.07) is 0.299. The summed E-state index contributed by atoms with van der Waals surface area (Å²) < 4.78 is 10.4. The van der Waals surface area contributed by atoms with Gasteiger partial charge in [0.25, 0.3) is 0 Å². The van der Waals surface area contributed by atoms with Gasteiger partial charge in [-0.15, -0.1) is 0 Å². The minimum atomic E-state index is -3.84. The minimum absolute atomic E-state index is 0.299. The third-order valence-corrected chi connectivity index (χ3v) is 3.95. The first-order valence-electron chi connectivity index (χ1n) is 3.51. The lowest BCUT2D eigenvalue weighted by Crippen LogP contribution is -2.23. The average molecular weight is 197 g/mol. The molecule has 4 nitrogen and oxygen atoms in total. The molecule has 1 atom stereocenters. The quantitative estimate of drug-likeness (QED) is 0.577. The minimum Gasteiger partial charge on any atom is -0.317 e. The van der Waals surface area contributed by atoms with Gasteiger partial charge >= 0.3 is 6.80 Å². The standard InChI is InChI=1S/C5H12NO3PS/c7-10(8,9)11-4-5-2-1-3-6-5/h5-6H,1-4H2,(H2,7,8,9). The summed E-state index contributed by atoms with van der Waals surface area (Å²) >= 11 is 0.735. The van der Waals surface area contributed by atoms with Crippen LogP contribution in [0, 0.1) is 0 Å². The molecule has 1 unspecified atom stereocenters. The van der Waals surface area contributed by atoms with Crippen LogP contribution in [0.3, 0.4) is 0 Å². The largest absolute Gasteiger partial charge is 0.384 e. The van der Waals surface area contributed by atoms with E-state index in [0.717, 1.165) is 30.8 Å². The van der Waals surface area contributed by atoms with E-state index in [1.807, 2.05) is 0 Å². The van der Waals surface area contributed by atoms with Crippen molar-refractivity contribution in [3.8, 4) is 0 Å². The highest BCUT2D eigenvalue weighted by molar-refractivity contribution is 8.54. The first kappa shape index (κ1) is 9.55. The average Bonchev–Trinajstić information content (AvgIpc) is 2.32. The Morgan fingerprint density at radius 3 is 2.82 bits per heavy atom. The molecule has 0 aromatic carbocycles. The van der Waals surface area contributed by atoms with Crippen LogP contribution in [0.4, 0.5) is 0 Å². The van der Waals surface area contributed by atoms with E-state index < -0.39 is 6.80 Å². The Hall–Kier alpha value is 0.460. The Labute approximate surface area is 69.7 Å². The molecule has 6 heteroatoms. The van der Waals surface area contributed by atoms with Gasteiger partial charge in [-0.1, -0.05) is 0 Å². The van der Waals surface area contributed by atoms with Crippen LogP contribution in [0.5, 0.6) is 0 Å². The smallest absolute Gasteiger partial charge is 0.317 e. The van der Waals surface area contributed by atoms with Gasteiger partial charge in [-0.3, -0.25) is 0 Å². The maximum Gasteiger partial charge on any atom is 0.384 e. The van der Waals surface area contributed by atoms with E-state index in [2.05, 4.69) is 5.32 Å². The highest BCUT2D eigenvalue weighted by atomic mass is 32.7. The second-order valence-corrected chi connectivity index (χ2v) is 6.35. The van der Waals surface area contributed by atoms with E-state index in [-0.39, 0.29) is 0 Å². The first-order chi connectivity index (χ1) is 5.08. The van der Waals surface area contributed by atoms with Crippen LogP contribution in [0.2, 0.25) is 0 Å². The van der Waals surface area contributed by atoms with Crippen molar-refractivity contribution >= 4 is 18.2 Å². The van der Waals surface area contributed by atoms with Gasteiger partial charge in [-0.05, 0) is 30.8 Å². The Morgan fingerprint density at radius 1 is 1.64 bits per heavy atom. The second kappa shape index (κ2) is 3.92. The van der Waals surface area contributed by atoms with E-state index in [4.69, 9.17) is 9.79 Å². The molecule has 0 bridgehead atoms. The summed E-state index contributed by atoms with van der Waals surface area (Å²) in [6.07, 6.45) is 2.15. The highest BCUT2D eigenvalue weighted by Gasteiger charge is 2.20. The summed E-state index contributed by atoms with van der Waals surface area (Å²) in [6.45, 7) is -2.86. The van der Waals surface area contributed by atoms with Gasteiger partial charge in [-0.2, -0.15) is 0 Å². The van der Waals surface area contributed by atoms with Crippen LogP contribution >= 0.6 is 18.2 Å². The Balaban J connectivity index is 2.16. The third-order valence-electron chi connectivity index (χ3n) is 1.61. The SMILES string of the molecule is O=P(O)(O)SCC1CCCN1. The van der Waals surface area contributed by atoms with Crippen LogP contribution in [-0.2, 0) is 4.57 Å². The molecule has 1 saturated heterocycles. The maximum atomic E-state index is 10.4. The fourth-order valence-electron chi connectivity index (χ4n) is 1.09. The van der Waals surface area contributed by atoms with Crippen molar-refractivity contribution in [1.29, 1.82) is 0 Å². The van der Waals surface area contributed by atoms with Crippen molar-refractivity contribution < 1.29 is 14.4 Å². The zero-order valence-corrected chi connectivity index (χ0v) is 7.77. The number of hydrogen-bond acceptors (Lipinski definition) is 3. The zero-order valence-electron chi connectivity index (χ0n) is 6.06. The van der Waals surface area contributed by atoms with E-state index in [1.54, 1.807) is 0 Å². The molecule has 0 amide bonds. The monoisotopic (exact) mass is 197 g/mol. The molecular weight excluding hydrogens is 185 g/mol. The summed E-state index contributed by atoms with van der Waals surface area (Å²) in [5, 5.41) is 3.16. The molecule has 1 fully saturated rings. The van der Waals surface area contributed by atoms with Crippen molar-refractivity contribution in [1.82, 2.24) is 5.32 Å². The van der Waals surface area contributed by atoms with Crippen LogP contribution < -0.4 is 5.32 Å². The summed E-state index contributed by atoms with van der Waals surface area (Å²) in [5.74, 6) is 0.518. The van der Waals surface area contributed by atoms with Crippen LogP contribution in [0.25, 0.3) is 0 Å². The zero-order chi connectivity index (χ0) is 8.32. The molecular formula is C5H12NO3PS.